The van der Waals surface area contributed by atoms with Crippen molar-refractivity contribution in [2.45, 2.75) is 19.4 Å². The number of hydrogen-bond acceptors (Lipinski definition) is 1. The Morgan fingerprint density at radius 2 is 2.05 bits per heavy atom. The lowest BCUT2D eigenvalue weighted by molar-refractivity contribution is 0.552. The number of likely N-dealkylation sites (N-methyl/N-ethyl adjacent to an activating group) is 1. The lowest BCUT2D eigenvalue weighted by Gasteiger charge is -2.20. The van der Waals surface area contributed by atoms with Gasteiger partial charge in [0, 0.05) is 15.5 Å². The molecule has 0 bridgehead atoms. The fraction of sp³-hybridized carbons (Fsp3) is 0.250. The molecule has 0 heterocycles. The van der Waals surface area contributed by atoms with E-state index in [4.69, 9.17) is 11.6 Å². The van der Waals surface area contributed by atoms with E-state index in [-0.39, 0.29) is 11.9 Å². The predicted octanol–water partition coefficient (Wildman–Crippen LogP) is 5.05. The fourth-order valence-corrected chi connectivity index (χ4v) is 2.88. The van der Waals surface area contributed by atoms with Crippen molar-refractivity contribution in [3.8, 4) is 0 Å². The van der Waals surface area contributed by atoms with Crippen molar-refractivity contribution in [2.75, 3.05) is 7.05 Å². The highest BCUT2D eigenvalue weighted by Crippen LogP contribution is 2.28. The van der Waals surface area contributed by atoms with Crippen molar-refractivity contribution < 1.29 is 4.39 Å². The molecule has 0 fully saturated rings. The minimum absolute atomic E-state index is 0.0255. The average Bonchev–Trinajstić information content (AvgIpc) is 2.43. The van der Waals surface area contributed by atoms with Gasteiger partial charge in [0.05, 0.1) is 0 Å². The summed E-state index contributed by atoms with van der Waals surface area (Å²) in [5.41, 5.74) is 2.81. The van der Waals surface area contributed by atoms with E-state index >= 15 is 0 Å². The first-order chi connectivity index (χ1) is 9.52. The number of halogens is 3. The number of nitrogens with one attached hydrogen (secondary N) is 1. The highest BCUT2D eigenvalue weighted by atomic mass is 79.9. The van der Waals surface area contributed by atoms with Crippen molar-refractivity contribution >= 4 is 27.5 Å². The fourth-order valence-electron chi connectivity index (χ4n) is 2.29. The van der Waals surface area contributed by atoms with Crippen LogP contribution in [0.5, 0.6) is 0 Å². The van der Waals surface area contributed by atoms with E-state index < -0.39 is 0 Å². The maximum absolute atomic E-state index is 13.9. The summed E-state index contributed by atoms with van der Waals surface area (Å²) in [5, 5.41) is 3.97. The third-order valence-corrected chi connectivity index (χ3v) is 4.37. The van der Waals surface area contributed by atoms with Crippen LogP contribution in [0.4, 0.5) is 4.39 Å². The van der Waals surface area contributed by atoms with Crippen LogP contribution in [0.25, 0.3) is 0 Å². The van der Waals surface area contributed by atoms with E-state index in [1.54, 1.807) is 6.07 Å². The molecule has 0 aliphatic rings. The first-order valence-corrected chi connectivity index (χ1v) is 7.56. The normalized spacial score (nSPS) is 12.4. The summed E-state index contributed by atoms with van der Waals surface area (Å²) in [5.74, 6) is -0.187. The van der Waals surface area contributed by atoms with Crippen LogP contribution in [-0.2, 0) is 6.42 Å². The monoisotopic (exact) mass is 355 g/mol. The van der Waals surface area contributed by atoms with Crippen LogP contribution >= 0.6 is 27.5 Å². The van der Waals surface area contributed by atoms with Gasteiger partial charge in [0.1, 0.15) is 5.82 Å². The molecule has 1 N–H and O–H groups in total. The molecule has 1 atom stereocenters. The Labute approximate surface area is 132 Å². The summed E-state index contributed by atoms with van der Waals surface area (Å²) in [6.45, 7) is 1.99. The largest absolute Gasteiger partial charge is 0.313 e. The van der Waals surface area contributed by atoms with Crippen LogP contribution in [0, 0.1) is 12.7 Å². The molecule has 0 spiro atoms. The van der Waals surface area contributed by atoms with E-state index in [9.17, 15) is 4.39 Å². The lowest BCUT2D eigenvalue weighted by Crippen LogP contribution is -2.20. The summed E-state index contributed by atoms with van der Waals surface area (Å²) in [4.78, 5) is 0. The Morgan fingerprint density at radius 3 is 2.75 bits per heavy atom. The van der Waals surface area contributed by atoms with Gasteiger partial charge in [0.2, 0.25) is 0 Å². The standard InChI is InChI=1S/C16H16BrClFN/c1-10-13(4-3-5-14(10)18)16(20-2)9-11-8-12(17)6-7-15(11)19/h3-8,16,20H,9H2,1-2H3. The van der Waals surface area contributed by atoms with Crippen molar-refractivity contribution in [1.82, 2.24) is 5.32 Å². The molecule has 0 aromatic heterocycles. The first-order valence-electron chi connectivity index (χ1n) is 6.39. The zero-order chi connectivity index (χ0) is 14.7. The number of hydrogen-bond donors (Lipinski definition) is 1. The van der Waals surface area contributed by atoms with E-state index in [1.807, 2.05) is 38.2 Å². The molecule has 2 aromatic rings. The van der Waals surface area contributed by atoms with Crippen molar-refractivity contribution in [1.29, 1.82) is 0 Å². The van der Waals surface area contributed by atoms with E-state index in [0.717, 1.165) is 20.6 Å². The molecular formula is C16H16BrClFN. The Balaban J connectivity index is 2.34. The number of benzene rings is 2. The van der Waals surface area contributed by atoms with E-state index in [1.165, 1.54) is 6.07 Å². The molecule has 106 valence electrons. The van der Waals surface area contributed by atoms with Crippen LogP contribution in [0.15, 0.2) is 40.9 Å². The summed E-state index contributed by atoms with van der Waals surface area (Å²) in [6, 6.07) is 10.9. The molecule has 0 saturated heterocycles. The molecule has 2 aromatic carbocycles. The van der Waals surface area contributed by atoms with Gasteiger partial charge in [0.25, 0.3) is 0 Å². The third-order valence-electron chi connectivity index (χ3n) is 3.47. The van der Waals surface area contributed by atoms with Gasteiger partial charge in [-0.3, -0.25) is 0 Å². The van der Waals surface area contributed by atoms with E-state index in [0.29, 0.717) is 12.0 Å². The SMILES string of the molecule is CNC(Cc1cc(Br)ccc1F)c1cccc(Cl)c1C. The lowest BCUT2D eigenvalue weighted by atomic mass is 9.95. The van der Waals surface area contributed by atoms with Gasteiger partial charge in [-0.05, 0) is 61.3 Å². The molecule has 2 rings (SSSR count). The summed E-state index contributed by atoms with van der Waals surface area (Å²) < 4.78 is 14.8. The summed E-state index contributed by atoms with van der Waals surface area (Å²) >= 11 is 9.55. The molecule has 0 aliphatic heterocycles. The van der Waals surface area contributed by atoms with Gasteiger partial charge in [-0.25, -0.2) is 4.39 Å². The van der Waals surface area contributed by atoms with Crippen LogP contribution in [0.3, 0.4) is 0 Å². The van der Waals surface area contributed by atoms with Crippen LogP contribution in [-0.4, -0.2) is 7.05 Å². The zero-order valence-electron chi connectivity index (χ0n) is 11.4. The highest BCUT2D eigenvalue weighted by Gasteiger charge is 2.16. The van der Waals surface area contributed by atoms with Gasteiger partial charge in [-0.2, -0.15) is 0 Å². The second-order valence-electron chi connectivity index (χ2n) is 4.74. The molecule has 4 heteroatoms. The molecule has 0 amide bonds. The molecule has 20 heavy (non-hydrogen) atoms. The Morgan fingerprint density at radius 1 is 1.30 bits per heavy atom. The molecule has 0 saturated carbocycles. The van der Waals surface area contributed by atoms with Gasteiger partial charge in [-0.15, -0.1) is 0 Å². The van der Waals surface area contributed by atoms with Crippen LogP contribution in [0.1, 0.15) is 22.7 Å². The van der Waals surface area contributed by atoms with Crippen molar-refractivity contribution in [3.63, 3.8) is 0 Å². The predicted molar refractivity (Wildman–Crippen MR) is 85.8 cm³/mol. The Kier molecular flexibility index (Phi) is 5.19. The second kappa shape index (κ2) is 6.70. The molecule has 0 radical (unpaired) electrons. The smallest absolute Gasteiger partial charge is 0.126 e. The molecule has 0 aliphatic carbocycles. The van der Waals surface area contributed by atoms with Gasteiger partial charge in [-0.1, -0.05) is 39.7 Å². The van der Waals surface area contributed by atoms with E-state index in [2.05, 4.69) is 21.2 Å². The number of rotatable bonds is 4. The third kappa shape index (κ3) is 3.40. The molecule has 1 nitrogen and oxygen atoms in total. The molecular weight excluding hydrogens is 341 g/mol. The maximum Gasteiger partial charge on any atom is 0.126 e. The maximum atomic E-state index is 13.9. The van der Waals surface area contributed by atoms with Crippen molar-refractivity contribution in [2.24, 2.45) is 0 Å². The summed E-state index contributed by atoms with van der Waals surface area (Å²) in [7, 11) is 1.88. The Hall–Kier alpha value is -0.900. The van der Waals surface area contributed by atoms with Gasteiger partial charge in [0.15, 0.2) is 0 Å². The topological polar surface area (TPSA) is 12.0 Å². The molecule has 1 unspecified atom stereocenters. The van der Waals surface area contributed by atoms with Crippen LogP contribution < -0.4 is 5.32 Å². The highest BCUT2D eigenvalue weighted by molar-refractivity contribution is 9.10. The van der Waals surface area contributed by atoms with Gasteiger partial charge < -0.3 is 5.32 Å². The first kappa shape index (κ1) is 15.5. The van der Waals surface area contributed by atoms with Crippen molar-refractivity contribution in [3.05, 3.63) is 68.4 Å². The minimum atomic E-state index is -0.187. The Bertz CT molecular complexity index is 615. The zero-order valence-corrected chi connectivity index (χ0v) is 13.7. The summed E-state index contributed by atoms with van der Waals surface area (Å²) in [6.07, 6.45) is 0.572. The second-order valence-corrected chi connectivity index (χ2v) is 6.06. The quantitative estimate of drug-likeness (QED) is 0.808. The minimum Gasteiger partial charge on any atom is -0.313 e. The van der Waals surface area contributed by atoms with Gasteiger partial charge >= 0.3 is 0 Å². The van der Waals surface area contributed by atoms with Crippen LogP contribution in [0.2, 0.25) is 5.02 Å². The average molecular weight is 357 g/mol.